The molecule has 38 heavy (non-hydrogen) atoms. The number of nitrogens with one attached hydrogen (secondary N) is 3. The normalized spacial score (nSPS) is 10.9. The van der Waals surface area contributed by atoms with Crippen LogP contribution in [-0.4, -0.2) is 23.5 Å². The molecular formula is C30H24IN3O3S. The maximum atomic E-state index is 13.1. The topological polar surface area (TPSA) is 87.3 Å². The zero-order valence-electron chi connectivity index (χ0n) is 20.2. The number of benzene rings is 4. The number of hydrogen-bond acceptors (Lipinski definition) is 4. The van der Waals surface area contributed by atoms with Crippen LogP contribution in [0.15, 0.2) is 120 Å². The molecule has 0 aliphatic rings. The van der Waals surface area contributed by atoms with Crippen molar-refractivity contribution in [2.24, 2.45) is 0 Å². The summed E-state index contributed by atoms with van der Waals surface area (Å²) in [5.74, 6) is -0.667. The number of carbonyl (C=O) groups excluding carboxylic acids is 3. The molecule has 6 nitrogen and oxygen atoms in total. The van der Waals surface area contributed by atoms with Gasteiger partial charge >= 0.3 is 0 Å². The molecule has 3 amide bonds. The number of thioether (sulfide) groups is 1. The maximum absolute atomic E-state index is 13.1. The Labute approximate surface area is 239 Å². The molecule has 0 bridgehead atoms. The summed E-state index contributed by atoms with van der Waals surface area (Å²) < 4.78 is 1.10. The molecule has 0 aliphatic heterocycles. The number of anilines is 2. The minimum Gasteiger partial charge on any atom is -0.325 e. The number of carbonyl (C=O) groups is 3. The molecule has 4 rings (SSSR count). The molecule has 190 valence electrons. The highest BCUT2D eigenvalue weighted by Crippen LogP contribution is 2.21. The Morgan fingerprint density at radius 2 is 1.29 bits per heavy atom. The number of rotatable bonds is 9. The molecule has 0 aromatic heterocycles. The average Bonchev–Trinajstić information content (AvgIpc) is 2.94. The van der Waals surface area contributed by atoms with Crippen molar-refractivity contribution in [3.05, 3.63) is 130 Å². The Morgan fingerprint density at radius 3 is 1.95 bits per heavy atom. The molecule has 0 fully saturated rings. The van der Waals surface area contributed by atoms with Crippen LogP contribution in [0.5, 0.6) is 0 Å². The van der Waals surface area contributed by atoms with E-state index < -0.39 is 5.91 Å². The van der Waals surface area contributed by atoms with Crippen LogP contribution in [0, 0.1) is 3.57 Å². The monoisotopic (exact) mass is 633 g/mol. The summed E-state index contributed by atoms with van der Waals surface area (Å²) in [6.45, 7) is 0. The Morgan fingerprint density at radius 1 is 0.711 bits per heavy atom. The molecule has 0 radical (unpaired) electrons. The third-order valence-electron chi connectivity index (χ3n) is 5.25. The molecule has 0 aliphatic carbocycles. The first-order valence-corrected chi connectivity index (χ1v) is 13.8. The third-order valence-corrected chi connectivity index (χ3v) is 6.98. The second-order valence-electron chi connectivity index (χ2n) is 8.11. The maximum Gasteiger partial charge on any atom is 0.272 e. The minimum absolute atomic E-state index is 0.0987. The van der Waals surface area contributed by atoms with E-state index >= 15 is 0 Å². The fourth-order valence-electron chi connectivity index (χ4n) is 3.37. The van der Waals surface area contributed by atoms with E-state index in [0.29, 0.717) is 11.3 Å². The van der Waals surface area contributed by atoms with Crippen molar-refractivity contribution in [2.75, 3.05) is 16.4 Å². The van der Waals surface area contributed by atoms with Gasteiger partial charge in [-0.3, -0.25) is 14.4 Å². The summed E-state index contributed by atoms with van der Waals surface area (Å²) in [5, 5.41) is 8.44. The zero-order chi connectivity index (χ0) is 26.7. The lowest BCUT2D eigenvalue weighted by molar-refractivity contribution is -0.114. The number of hydrogen-bond donors (Lipinski definition) is 3. The van der Waals surface area contributed by atoms with Gasteiger partial charge in [-0.2, -0.15) is 0 Å². The molecule has 0 saturated heterocycles. The van der Waals surface area contributed by atoms with Crippen LogP contribution >= 0.6 is 34.4 Å². The second kappa shape index (κ2) is 13.6. The molecule has 0 unspecified atom stereocenters. The van der Waals surface area contributed by atoms with E-state index in [9.17, 15) is 14.4 Å². The lowest BCUT2D eigenvalue weighted by Gasteiger charge is -2.12. The Bertz CT molecular complexity index is 1430. The van der Waals surface area contributed by atoms with Gasteiger partial charge in [0, 0.05) is 25.4 Å². The van der Waals surface area contributed by atoms with E-state index in [0.717, 1.165) is 19.7 Å². The summed E-state index contributed by atoms with van der Waals surface area (Å²) in [4.78, 5) is 39.0. The molecule has 4 aromatic rings. The highest BCUT2D eigenvalue weighted by Gasteiger charge is 2.15. The molecule has 0 atom stereocenters. The summed E-state index contributed by atoms with van der Waals surface area (Å²) in [6.07, 6.45) is 1.63. The summed E-state index contributed by atoms with van der Waals surface area (Å²) >= 11 is 3.61. The van der Waals surface area contributed by atoms with Crippen LogP contribution in [0.2, 0.25) is 0 Å². The lowest BCUT2D eigenvalue weighted by atomic mass is 10.1. The van der Waals surface area contributed by atoms with Crippen molar-refractivity contribution in [2.45, 2.75) is 4.90 Å². The van der Waals surface area contributed by atoms with Gasteiger partial charge in [0.2, 0.25) is 5.91 Å². The predicted octanol–water partition coefficient (Wildman–Crippen LogP) is 6.43. The molecule has 0 heterocycles. The van der Waals surface area contributed by atoms with Crippen molar-refractivity contribution in [1.82, 2.24) is 5.32 Å². The molecule has 4 aromatic carbocycles. The first-order chi connectivity index (χ1) is 18.5. The standard InChI is InChI=1S/C30H24IN3O3S/c31-23-11-13-24(14-12-23)32-28(35)20-38-26-17-15-25(16-18-26)33-30(37)27(19-21-7-3-1-4-8-21)34-29(36)22-9-5-2-6-10-22/h1-19H,20H2,(H,32,35)(H,33,37)(H,34,36)/b27-19-. The van der Waals surface area contributed by atoms with E-state index in [1.807, 2.05) is 72.8 Å². The van der Waals surface area contributed by atoms with Gasteiger partial charge < -0.3 is 16.0 Å². The van der Waals surface area contributed by atoms with Crippen LogP contribution in [0.4, 0.5) is 11.4 Å². The van der Waals surface area contributed by atoms with Gasteiger partial charge in [0.15, 0.2) is 0 Å². The molecule has 0 saturated carbocycles. The highest BCUT2D eigenvalue weighted by atomic mass is 127. The molecular weight excluding hydrogens is 609 g/mol. The number of halogens is 1. The molecule has 8 heteroatoms. The van der Waals surface area contributed by atoms with Gasteiger partial charge in [0.1, 0.15) is 5.70 Å². The van der Waals surface area contributed by atoms with E-state index in [1.165, 1.54) is 11.8 Å². The fraction of sp³-hybridized carbons (Fsp3) is 0.0333. The van der Waals surface area contributed by atoms with E-state index in [-0.39, 0.29) is 23.3 Å². The molecule has 0 spiro atoms. The van der Waals surface area contributed by atoms with Crippen LogP contribution in [0.25, 0.3) is 6.08 Å². The van der Waals surface area contributed by atoms with Crippen molar-refractivity contribution in [1.29, 1.82) is 0 Å². The average molecular weight is 634 g/mol. The van der Waals surface area contributed by atoms with Crippen molar-refractivity contribution in [3.8, 4) is 0 Å². The smallest absolute Gasteiger partial charge is 0.272 e. The SMILES string of the molecule is O=C(CSc1ccc(NC(=O)/C(=C/c2ccccc2)NC(=O)c2ccccc2)cc1)Nc1ccc(I)cc1. The van der Waals surface area contributed by atoms with Crippen LogP contribution in [0.1, 0.15) is 15.9 Å². The first-order valence-electron chi connectivity index (χ1n) is 11.7. The Hall–Kier alpha value is -3.89. The van der Waals surface area contributed by atoms with Crippen LogP contribution < -0.4 is 16.0 Å². The van der Waals surface area contributed by atoms with E-state index in [1.54, 1.807) is 42.5 Å². The number of amides is 3. The summed E-state index contributed by atoms with van der Waals surface area (Å²) in [6, 6.07) is 32.8. The van der Waals surface area contributed by atoms with Crippen molar-refractivity contribution >= 4 is 69.5 Å². The lowest BCUT2D eigenvalue weighted by Crippen LogP contribution is -2.30. The summed E-state index contributed by atoms with van der Waals surface area (Å²) in [5.41, 5.74) is 2.67. The Balaban J connectivity index is 1.38. The van der Waals surface area contributed by atoms with Crippen molar-refractivity contribution < 1.29 is 14.4 Å². The highest BCUT2D eigenvalue weighted by molar-refractivity contribution is 14.1. The Kier molecular flexibility index (Phi) is 9.71. The van der Waals surface area contributed by atoms with Gasteiger partial charge in [-0.05, 0) is 94.9 Å². The van der Waals surface area contributed by atoms with Gasteiger partial charge in [-0.25, -0.2) is 0 Å². The summed E-state index contributed by atoms with van der Waals surface area (Å²) in [7, 11) is 0. The fourth-order valence-corrected chi connectivity index (χ4v) is 4.43. The predicted molar refractivity (Wildman–Crippen MR) is 162 cm³/mol. The van der Waals surface area contributed by atoms with Gasteiger partial charge in [-0.15, -0.1) is 11.8 Å². The van der Waals surface area contributed by atoms with E-state index in [2.05, 4.69) is 38.5 Å². The second-order valence-corrected chi connectivity index (χ2v) is 10.4. The van der Waals surface area contributed by atoms with Gasteiger partial charge in [0.05, 0.1) is 5.75 Å². The van der Waals surface area contributed by atoms with Gasteiger partial charge in [0.25, 0.3) is 11.8 Å². The van der Waals surface area contributed by atoms with Crippen LogP contribution in [-0.2, 0) is 9.59 Å². The third kappa shape index (κ3) is 8.32. The van der Waals surface area contributed by atoms with Gasteiger partial charge in [-0.1, -0.05) is 48.5 Å². The molecule has 3 N–H and O–H groups in total. The van der Waals surface area contributed by atoms with Crippen LogP contribution in [0.3, 0.4) is 0 Å². The first kappa shape index (κ1) is 27.2. The van der Waals surface area contributed by atoms with Crippen molar-refractivity contribution in [3.63, 3.8) is 0 Å². The minimum atomic E-state index is -0.449. The van der Waals surface area contributed by atoms with E-state index in [4.69, 9.17) is 0 Å². The quantitative estimate of drug-likeness (QED) is 0.113. The zero-order valence-corrected chi connectivity index (χ0v) is 23.2. The largest absolute Gasteiger partial charge is 0.325 e.